The highest BCUT2D eigenvalue weighted by Gasteiger charge is 2.15. The Morgan fingerprint density at radius 3 is 2.75 bits per heavy atom. The number of anilines is 1. The number of aromatic nitrogens is 2. The molecule has 1 N–H and O–H groups in total. The fraction of sp³-hybridized carbons (Fsp3) is 0.136. The number of thiophene rings is 1. The van der Waals surface area contributed by atoms with Crippen molar-refractivity contribution in [2.24, 2.45) is 0 Å². The number of rotatable bonds is 5. The Labute approximate surface area is 172 Å². The largest absolute Gasteiger partial charge is 0.325 e. The Morgan fingerprint density at radius 2 is 1.93 bits per heavy atom. The van der Waals surface area contributed by atoms with Gasteiger partial charge in [0.25, 0.3) is 0 Å². The van der Waals surface area contributed by atoms with E-state index < -0.39 is 0 Å². The summed E-state index contributed by atoms with van der Waals surface area (Å²) in [6, 6.07) is 16.3. The van der Waals surface area contributed by atoms with Crippen molar-refractivity contribution >= 4 is 44.9 Å². The first kappa shape index (κ1) is 18.7. The van der Waals surface area contributed by atoms with Gasteiger partial charge in [-0.3, -0.25) is 4.79 Å². The molecule has 0 atom stereocenters. The summed E-state index contributed by atoms with van der Waals surface area (Å²) in [7, 11) is 0. The maximum atomic E-state index is 12.5. The van der Waals surface area contributed by atoms with Crippen LogP contribution in [0.25, 0.3) is 21.3 Å². The Balaban J connectivity index is 1.56. The number of nitrogens with zero attached hydrogens (tertiary/aromatic N) is 2. The molecule has 1 amide bonds. The van der Waals surface area contributed by atoms with Gasteiger partial charge < -0.3 is 5.32 Å². The molecule has 4 aromatic rings. The minimum Gasteiger partial charge on any atom is -0.325 e. The standard InChI is InChI=1S/C22H19N3OS2/c1-14-8-9-15(2)18(10-14)25-19(26)12-28-22-20-17(16-6-4-3-5-7-16)11-27-21(20)23-13-24-22/h3-11,13H,12H2,1-2H3,(H,25,26). The monoisotopic (exact) mass is 405 g/mol. The molecule has 2 heterocycles. The average molecular weight is 406 g/mol. The molecule has 28 heavy (non-hydrogen) atoms. The second kappa shape index (κ2) is 8.12. The van der Waals surface area contributed by atoms with E-state index in [0.717, 1.165) is 43.2 Å². The van der Waals surface area contributed by atoms with E-state index in [0.29, 0.717) is 5.75 Å². The van der Waals surface area contributed by atoms with Gasteiger partial charge in [0.15, 0.2) is 0 Å². The molecule has 4 rings (SSSR count). The van der Waals surface area contributed by atoms with Crippen LogP contribution in [0.15, 0.2) is 65.3 Å². The van der Waals surface area contributed by atoms with E-state index in [1.165, 1.54) is 11.8 Å². The van der Waals surface area contributed by atoms with Crippen LogP contribution >= 0.6 is 23.1 Å². The molecule has 0 unspecified atom stereocenters. The average Bonchev–Trinajstić information content (AvgIpc) is 3.15. The second-order valence-electron chi connectivity index (χ2n) is 6.53. The summed E-state index contributed by atoms with van der Waals surface area (Å²) < 4.78 is 0. The van der Waals surface area contributed by atoms with Gasteiger partial charge in [-0.25, -0.2) is 9.97 Å². The lowest BCUT2D eigenvalue weighted by Gasteiger charge is -2.09. The van der Waals surface area contributed by atoms with E-state index in [-0.39, 0.29) is 5.91 Å². The Bertz CT molecular complexity index is 1140. The Hall–Kier alpha value is -2.70. The van der Waals surface area contributed by atoms with Gasteiger partial charge in [0.1, 0.15) is 16.2 Å². The molecule has 2 aromatic heterocycles. The lowest BCUT2D eigenvalue weighted by molar-refractivity contribution is -0.113. The quantitative estimate of drug-likeness (QED) is 0.341. The van der Waals surface area contributed by atoms with Crippen molar-refractivity contribution < 1.29 is 4.79 Å². The molecular weight excluding hydrogens is 386 g/mol. The Kier molecular flexibility index (Phi) is 5.41. The fourth-order valence-corrected chi connectivity index (χ4v) is 4.77. The highest BCUT2D eigenvalue weighted by atomic mass is 32.2. The van der Waals surface area contributed by atoms with Crippen LogP contribution in [0.4, 0.5) is 5.69 Å². The normalized spacial score (nSPS) is 10.9. The van der Waals surface area contributed by atoms with Crippen LogP contribution in [0.5, 0.6) is 0 Å². The first-order chi connectivity index (χ1) is 13.6. The topological polar surface area (TPSA) is 54.9 Å². The first-order valence-electron chi connectivity index (χ1n) is 8.89. The number of amides is 1. The van der Waals surface area contributed by atoms with Crippen molar-refractivity contribution in [2.75, 3.05) is 11.1 Å². The molecular formula is C22H19N3OS2. The molecule has 0 saturated carbocycles. The molecule has 0 bridgehead atoms. The molecule has 0 spiro atoms. The zero-order chi connectivity index (χ0) is 19.5. The highest BCUT2D eigenvalue weighted by molar-refractivity contribution is 8.00. The van der Waals surface area contributed by atoms with Crippen LogP contribution in [0, 0.1) is 13.8 Å². The number of carbonyl (C=O) groups excluding carboxylic acids is 1. The molecule has 0 aliphatic carbocycles. The van der Waals surface area contributed by atoms with Crippen molar-refractivity contribution in [1.29, 1.82) is 0 Å². The third-order valence-corrected chi connectivity index (χ3v) is 6.30. The van der Waals surface area contributed by atoms with Gasteiger partial charge in [-0.05, 0) is 36.6 Å². The number of hydrogen-bond donors (Lipinski definition) is 1. The zero-order valence-corrected chi connectivity index (χ0v) is 17.2. The number of carbonyl (C=O) groups is 1. The molecule has 6 heteroatoms. The highest BCUT2D eigenvalue weighted by Crippen LogP contribution is 2.37. The van der Waals surface area contributed by atoms with Gasteiger partial charge in [-0.2, -0.15) is 0 Å². The fourth-order valence-electron chi connectivity index (χ4n) is 2.98. The van der Waals surface area contributed by atoms with Gasteiger partial charge in [0, 0.05) is 16.6 Å². The lowest BCUT2D eigenvalue weighted by atomic mass is 10.1. The van der Waals surface area contributed by atoms with Crippen LogP contribution < -0.4 is 5.32 Å². The Morgan fingerprint density at radius 1 is 1.11 bits per heavy atom. The number of nitrogens with one attached hydrogen (secondary N) is 1. The second-order valence-corrected chi connectivity index (χ2v) is 8.35. The summed E-state index contributed by atoms with van der Waals surface area (Å²) >= 11 is 3.04. The smallest absolute Gasteiger partial charge is 0.234 e. The SMILES string of the molecule is Cc1ccc(C)c(NC(=O)CSc2ncnc3scc(-c4ccccc4)c23)c1. The minimum atomic E-state index is -0.0399. The predicted molar refractivity (Wildman–Crippen MR) is 118 cm³/mol. The molecule has 0 aliphatic heterocycles. The van der Waals surface area contributed by atoms with Crippen molar-refractivity contribution in [2.45, 2.75) is 18.9 Å². The van der Waals surface area contributed by atoms with E-state index in [1.807, 2.05) is 50.2 Å². The summed E-state index contributed by atoms with van der Waals surface area (Å²) in [5.41, 5.74) is 5.28. The third kappa shape index (κ3) is 3.93. The van der Waals surface area contributed by atoms with Gasteiger partial charge in [-0.1, -0.05) is 54.2 Å². The molecule has 0 saturated heterocycles. The molecule has 0 fully saturated rings. The van der Waals surface area contributed by atoms with Gasteiger partial charge in [-0.15, -0.1) is 11.3 Å². The molecule has 2 aromatic carbocycles. The number of aryl methyl sites for hydroxylation is 2. The van der Waals surface area contributed by atoms with Crippen LogP contribution in [0.3, 0.4) is 0 Å². The number of thioether (sulfide) groups is 1. The van der Waals surface area contributed by atoms with E-state index in [2.05, 4.69) is 32.8 Å². The summed E-state index contributed by atoms with van der Waals surface area (Å²) in [5, 5.41) is 6.97. The van der Waals surface area contributed by atoms with Crippen molar-refractivity contribution in [3.63, 3.8) is 0 Å². The van der Waals surface area contributed by atoms with Crippen LogP contribution in [-0.4, -0.2) is 21.6 Å². The van der Waals surface area contributed by atoms with Crippen molar-refractivity contribution in [3.8, 4) is 11.1 Å². The van der Waals surface area contributed by atoms with Crippen molar-refractivity contribution in [3.05, 3.63) is 71.4 Å². The predicted octanol–water partition coefficient (Wildman–Crippen LogP) is 5.71. The number of hydrogen-bond acceptors (Lipinski definition) is 5. The summed E-state index contributed by atoms with van der Waals surface area (Å²) in [4.78, 5) is 22.3. The molecule has 140 valence electrons. The van der Waals surface area contributed by atoms with Gasteiger partial charge >= 0.3 is 0 Å². The first-order valence-corrected chi connectivity index (χ1v) is 10.8. The third-order valence-electron chi connectivity index (χ3n) is 4.43. The minimum absolute atomic E-state index is 0.0399. The summed E-state index contributed by atoms with van der Waals surface area (Å²) in [5.74, 6) is 0.255. The molecule has 4 nitrogen and oxygen atoms in total. The number of benzene rings is 2. The maximum Gasteiger partial charge on any atom is 0.234 e. The lowest BCUT2D eigenvalue weighted by Crippen LogP contribution is -2.15. The molecule has 0 radical (unpaired) electrons. The van der Waals surface area contributed by atoms with Crippen LogP contribution in [-0.2, 0) is 4.79 Å². The van der Waals surface area contributed by atoms with Crippen molar-refractivity contribution in [1.82, 2.24) is 9.97 Å². The maximum absolute atomic E-state index is 12.5. The van der Waals surface area contributed by atoms with Gasteiger partial charge in [0.2, 0.25) is 5.91 Å². The molecule has 0 aliphatic rings. The van der Waals surface area contributed by atoms with E-state index >= 15 is 0 Å². The van der Waals surface area contributed by atoms with Crippen LogP contribution in [0.2, 0.25) is 0 Å². The van der Waals surface area contributed by atoms with Crippen LogP contribution in [0.1, 0.15) is 11.1 Å². The zero-order valence-electron chi connectivity index (χ0n) is 15.6. The number of fused-ring (bicyclic) bond motifs is 1. The summed E-state index contributed by atoms with van der Waals surface area (Å²) in [6.07, 6.45) is 1.57. The summed E-state index contributed by atoms with van der Waals surface area (Å²) in [6.45, 7) is 4.01. The van der Waals surface area contributed by atoms with Gasteiger partial charge in [0.05, 0.1) is 11.1 Å². The van der Waals surface area contributed by atoms with E-state index in [1.54, 1.807) is 17.7 Å². The van der Waals surface area contributed by atoms with E-state index in [4.69, 9.17) is 0 Å². The van der Waals surface area contributed by atoms with E-state index in [9.17, 15) is 4.79 Å².